The van der Waals surface area contributed by atoms with E-state index in [4.69, 9.17) is 4.74 Å². The number of carbonyl (C=O) groups excluding carboxylic acids is 1. The summed E-state index contributed by atoms with van der Waals surface area (Å²) in [5.41, 5.74) is 2.48. The fourth-order valence-corrected chi connectivity index (χ4v) is 3.59. The molecule has 1 N–H and O–H groups in total. The van der Waals surface area contributed by atoms with Crippen LogP contribution >= 0.6 is 0 Å². The van der Waals surface area contributed by atoms with Crippen molar-refractivity contribution < 1.29 is 17.9 Å². The van der Waals surface area contributed by atoms with Gasteiger partial charge in [0, 0.05) is 6.07 Å². The molecule has 0 radical (unpaired) electrons. The number of hydrogen-bond donors (Lipinski definition) is 1. The van der Waals surface area contributed by atoms with E-state index in [0.29, 0.717) is 11.4 Å². The molecule has 1 atom stereocenters. The average molecular weight is 405 g/mol. The summed E-state index contributed by atoms with van der Waals surface area (Å²) >= 11 is 0. The minimum Gasteiger partial charge on any atom is -0.491 e. The highest BCUT2D eigenvalue weighted by Crippen LogP contribution is 2.24. The van der Waals surface area contributed by atoms with Gasteiger partial charge in [0.1, 0.15) is 12.3 Å². The Kier molecular flexibility index (Phi) is 7.07. The minimum atomic E-state index is -3.65. The summed E-state index contributed by atoms with van der Waals surface area (Å²) < 4.78 is 31.3. The van der Waals surface area contributed by atoms with Crippen molar-refractivity contribution in [1.29, 1.82) is 0 Å². The summed E-state index contributed by atoms with van der Waals surface area (Å²) in [6.07, 6.45) is 1.04. The third-order valence-corrected chi connectivity index (χ3v) is 5.26. The number of nitrogens with one attached hydrogen (secondary N) is 1. The van der Waals surface area contributed by atoms with Crippen LogP contribution in [0.25, 0.3) is 0 Å². The number of amides is 1. The Morgan fingerprint density at radius 1 is 1.11 bits per heavy atom. The summed E-state index contributed by atoms with van der Waals surface area (Å²) in [5, 5.41) is 2.86. The number of anilines is 1. The smallest absolute Gasteiger partial charge is 0.241 e. The largest absolute Gasteiger partial charge is 0.491 e. The van der Waals surface area contributed by atoms with Gasteiger partial charge in [0.2, 0.25) is 15.9 Å². The fourth-order valence-electron chi connectivity index (χ4n) is 2.74. The topological polar surface area (TPSA) is 75.7 Å². The molecule has 6 nitrogen and oxygen atoms in total. The standard InChI is InChI=1S/C21H28N2O4S/c1-15(2)27-20-8-6-7-19(13-20)23(28(5,25)26)14-21(24)22-17(4)18-11-9-16(3)10-12-18/h6-13,15,17H,14H2,1-5H3,(H,22,24)/t17-/m0/s1. The second-order valence-corrected chi connectivity index (χ2v) is 9.04. The maximum Gasteiger partial charge on any atom is 0.241 e. The molecule has 0 aliphatic carbocycles. The number of carbonyl (C=O) groups is 1. The van der Waals surface area contributed by atoms with Crippen molar-refractivity contribution in [3.8, 4) is 5.75 Å². The normalized spacial score (nSPS) is 12.5. The van der Waals surface area contributed by atoms with Crippen molar-refractivity contribution >= 4 is 21.6 Å². The monoisotopic (exact) mass is 404 g/mol. The lowest BCUT2D eigenvalue weighted by Crippen LogP contribution is -2.41. The zero-order valence-electron chi connectivity index (χ0n) is 17.0. The Morgan fingerprint density at radius 3 is 2.32 bits per heavy atom. The van der Waals surface area contributed by atoms with Crippen LogP contribution in [0, 0.1) is 6.92 Å². The van der Waals surface area contributed by atoms with Crippen LogP contribution in [0.15, 0.2) is 48.5 Å². The maximum atomic E-state index is 12.5. The molecule has 2 aromatic rings. The summed E-state index contributed by atoms with van der Waals surface area (Å²) in [5.74, 6) is 0.170. The van der Waals surface area contributed by atoms with Crippen LogP contribution in [0.5, 0.6) is 5.75 Å². The summed E-state index contributed by atoms with van der Waals surface area (Å²) in [4.78, 5) is 12.5. The fraction of sp³-hybridized carbons (Fsp3) is 0.381. The second-order valence-electron chi connectivity index (χ2n) is 7.13. The minimum absolute atomic E-state index is 0.0411. The SMILES string of the molecule is Cc1ccc([C@H](C)NC(=O)CN(c2cccc(OC(C)C)c2)S(C)(=O)=O)cc1. The molecule has 0 aliphatic heterocycles. The quantitative estimate of drug-likeness (QED) is 0.731. The Hall–Kier alpha value is -2.54. The number of benzene rings is 2. The first-order valence-electron chi connectivity index (χ1n) is 9.16. The van der Waals surface area contributed by atoms with Crippen molar-refractivity contribution in [2.75, 3.05) is 17.1 Å². The lowest BCUT2D eigenvalue weighted by molar-refractivity contribution is -0.120. The van der Waals surface area contributed by atoms with Crippen LogP contribution in [0.2, 0.25) is 0 Å². The Labute approximate surface area is 167 Å². The van der Waals surface area contributed by atoms with E-state index in [9.17, 15) is 13.2 Å². The lowest BCUT2D eigenvalue weighted by Gasteiger charge is -2.24. The van der Waals surface area contributed by atoms with Gasteiger partial charge in [-0.3, -0.25) is 9.10 Å². The first-order valence-corrected chi connectivity index (χ1v) is 11.0. The molecule has 2 aromatic carbocycles. The highest BCUT2D eigenvalue weighted by molar-refractivity contribution is 7.92. The molecule has 0 bridgehead atoms. The molecular formula is C21H28N2O4S. The van der Waals surface area contributed by atoms with E-state index < -0.39 is 10.0 Å². The molecule has 0 aliphatic rings. The molecule has 152 valence electrons. The molecule has 0 spiro atoms. The molecule has 0 aromatic heterocycles. The average Bonchev–Trinajstić information content (AvgIpc) is 2.59. The van der Waals surface area contributed by atoms with E-state index >= 15 is 0 Å². The number of nitrogens with zero attached hydrogens (tertiary/aromatic N) is 1. The molecular weight excluding hydrogens is 376 g/mol. The van der Waals surface area contributed by atoms with Gasteiger partial charge < -0.3 is 10.1 Å². The molecule has 0 unspecified atom stereocenters. The molecule has 0 heterocycles. The van der Waals surface area contributed by atoms with Crippen molar-refractivity contribution in [3.63, 3.8) is 0 Å². The van der Waals surface area contributed by atoms with E-state index in [0.717, 1.165) is 21.7 Å². The molecule has 28 heavy (non-hydrogen) atoms. The van der Waals surface area contributed by atoms with E-state index in [1.807, 2.05) is 52.0 Å². The van der Waals surface area contributed by atoms with Gasteiger partial charge in [0.25, 0.3) is 0 Å². The Balaban J connectivity index is 2.16. The van der Waals surface area contributed by atoms with Gasteiger partial charge in [0.05, 0.1) is 24.1 Å². The van der Waals surface area contributed by atoms with Crippen molar-refractivity contribution in [2.45, 2.75) is 39.8 Å². The van der Waals surface area contributed by atoms with Crippen LogP contribution in [0.3, 0.4) is 0 Å². The Bertz CT molecular complexity index is 908. The van der Waals surface area contributed by atoms with Gasteiger partial charge in [-0.15, -0.1) is 0 Å². The van der Waals surface area contributed by atoms with Crippen molar-refractivity contribution in [2.24, 2.45) is 0 Å². The predicted octanol–water partition coefficient (Wildman–Crippen LogP) is 3.43. The number of ether oxygens (including phenoxy) is 1. The molecule has 0 saturated heterocycles. The number of rotatable bonds is 8. The zero-order chi connectivity index (χ0) is 20.9. The second kappa shape index (κ2) is 9.10. The number of aryl methyl sites for hydroxylation is 1. The number of hydrogen-bond acceptors (Lipinski definition) is 4. The predicted molar refractivity (Wildman–Crippen MR) is 112 cm³/mol. The third kappa shape index (κ3) is 6.27. The van der Waals surface area contributed by atoms with Gasteiger partial charge in [-0.2, -0.15) is 0 Å². The van der Waals surface area contributed by atoms with E-state index in [1.165, 1.54) is 0 Å². The van der Waals surface area contributed by atoms with Crippen molar-refractivity contribution in [3.05, 3.63) is 59.7 Å². The van der Waals surface area contributed by atoms with Crippen LogP contribution in [0.1, 0.15) is 37.9 Å². The number of sulfonamides is 1. The zero-order valence-corrected chi connectivity index (χ0v) is 17.8. The van der Waals surface area contributed by atoms with E-state index in [-0.39, 0.29) is 24.6 Å². The van der Waals surface area contributed by atoms with Gasteiger partial charge >= 0.3 is 0 Å². The highest BCUT2D eigenvalue weighted by atomic mass is 32.2. The Morgan fingerprint density at radius 2 is 1.75 bits per heavy atom. The molecule has 7 heteroatoms. The van der Waals surface area contributed by atoms with E-state index in [2.05, 4.69) is 5.32 Å². The van der Waals surface area contributed by atoms with Gasteiger partial charge in [-0.05, 0) is 45.4 Å². The van der Waals surface area contributed by atoms with Crippen molar-refractivity contribution in [1.82, 2.24) is 5.32 Å². The van der Waals surface area contributed by atoms with Gasteiger partial charge in [-0.1, -0.05) is 35.9 Å². The molecule has 2 rings (SSSR count). The van der Waals surface area contributed by atoms with Gasteiger partial charge in [0.15, 0.2) is 0 Å². The van der Waals surface area contributed by atoms with E-state index in [1.54, 1.807) is 24.3 Å². The highest BCUT2D eigenvalue weighted by Gasteiger charge is 2.22. The van der Waals surface area contributed by atoms with Crippen LogP contribution in [-0.2, 0) is 14.8 Å². The molecule has 0 fully saturated rings. The summed E-state index contributed by atoms with van der Waals surface area (Å²) in [7, 11) is -3.65. The summed E-state index contributed by atoms with van der Waals surface area (Å²) in [6.45, 7) is 7.33. The molecule has 0 saturated carbocycles. The maximum absolute atomic E-state index is 12.5. The van der Waals surface area contributed by atoms with Gasteiger partial charge in [-0.25, -0.2) is 8.42 Å². The lowest BCUT2D eigenvalue weighted by atomic mass is 10.1. The third-order valence-electron chi connectivity index (χ3n) is 4.12. The summed E-state index contributed by atoms with van der Waals surface area (Å²) in [6, 6.07) is 14.3. The first kappa shape index (κ1) is 21.8. The van der Waals surface area contributed by atoms with Crippen LogP contribution in [-0.4, -0.2) is 33.2 Å². The molecule has 1 amide bonds. The van der Waals surface area contributed by atoms with Crippen LogP contribution < -0.4 is 14.4 Å². The van der Waals surface area contributed by atoms with Crippen LogP contribution in [0.4, 0.5) is 5.69 Å². The first-order chi connectivity index (χ1) is 13.1.